The monoisotopic (exact) mass is 329 g/mol. The lowest BCUT2D eigenvalue weighted by Gasteiger charge is -2.34. The summed E-state index contributed by atoms with van der Waals surface area (Å²) in [6.45, 7) is 5.69. The van der Waals surface area contributed by atoms with Gasteiger partial charge in [0.25, 0.3) is 0 Å². The maximum absolute atomic E-state index is 4.42. The Morgan fingerprint density at radius 3 is 2.48 bits per heavy atom. The summed E-state index contributed by atoms with van der Waals surface area (Å²) in [5.74, 6) is 2.60. The molecule has 5 nitrogen and oxygen atoms in total. The van der Waals surface area contributed by atoms with Crippen LogP contribution in [-0.4, -0.2) is 46.0 Å². The lowest BCUT2D eigenvalue weighted by Crippen LogP contribution is -2.37. The topological polar surface area (TPSA) is 45.2 Å². The summed E-state index contributed by atoms with van der Waals surface area (Å²) in [5.41, 5.74) is 0. The van der Waals surface area contributed by atoms with E-state index in [-0.39, 0.29) is 0 Å². The van der Waals surface area contributed by atoms with Gasteiger partial charge in [-0.15, -0.1) is 11.3 Å². The minimum absolute atomic E-state index is 0.855. The van der Waals surface area contributed by atoms with Crippen LogP contribution in [0.4, 0.5) is 5.95 Å². The molecular formula is C17H23N5S. The number of nitrogens with zero attached hydrogens (tertiary/aromatic N) is 5. The van der Waals surface area contributed by atoms with E-state index in [2.05, 4.69) is 30.1 Å². The molecule has 2 aromatic rings. The Balaban J connectivity index is 1.28. The van der Waals surface area contributed by atoms with Crippen LogP contribution in [0.15, 0.2) is 30.0 Å². The highest BCUT2D eigenvalue weighted by atomic mass is 32.1. The SMILES string of the molecule is c1cnc(N2CCC(C3CCN(Cc4nccs4)C3)CC2)nc1. The number of anilines is 1. The summed E-state index contributed by atoms with van der Waals surface area (Å²) in [5, 5.41) is 3.33. The Morgan fingerprint density at radius 2 is 1.74 bits per heavy atom. The lowest BCUT2D eigenvalue weighted by molar-refractivity contribution is 0.251. The number of piperidine rings is 1. The molecule has 0 spiro atoms. The van der Waals surface area contributed by atoms with E-state index in [9.17, 15) is 0 Å². The molecule has 0 aromatic carbocycles. The minimum Gasteiger partial charge on any atom is -0.341 e. The van der Waals surface area contributed by atoms with Crippen molar-refractivity contribution in [1.29, 1.82) is 0 Å². The van der Waals surface area contributed by atoms with E-state index >= 15 is 0 Å². The summed E-state index contributed by atoms with van der Waals surface area (Å²) in [6, 6.07) is 1.88. The first-order chi connectivity index (χ1) is 11.4. The molecule has 2 fully saturated rings. The van der Waals surface area contributed by atoms with Crippen LogP contribution in [0.3, 0.4) is 0 Å². The van der Waals surface area contributed by atoms with Gasteiger partial charge in [0.15, 0.2) is 0 Å². The maximum Gasteiger partial charge on any atom is 0.225 e. The molecule has 2 aromatic heterocycles. The highest BCUT2D eigenvalue weighted by Gasteiger charge is 2.32. The summed E-state index contributed by atoms with van der Waals surface area (Å²) in [6.07, 6.45) is 9.47. The summed E-state index contributed by atoms with van der Waals surface area (Å²) in [4.78, 5) is 18.1. The van der Waals surface area contributed by atoms with Gasteiger partial charge in [0.05, 0.1) is 6.54 Å². The standard InChI is InChI=1S/C17H23N5S/c1-5-19-17(20-6-1)22-9-3-14(4-10-22)15-2-8-21(12-15)13-16-18-7-11-23-16/h1,5-7,11,14-15H,2-4,8-10,12-13H2. The zero-order valence-corrected chi connectivity index (χ0v) is 14.2. The van der Waals surface area contributed by atoms with Crippen LogP contribution >= 0.6 is 11.3 Å². The third-order valence-electron chi connectivity index (χ3n) is 5.19. The molecule has 23 heavy (non-hydrogen) atoms. The molecule has 0 amide bonds. The molecule has 0 radical (unpaired) electrons. The summed E-state index contributed by atoms with van der Waals surface area (Å²) in [7, 11) is 0. The van der Waals surface area contributed by atoms with Crippen LogP contribution < -0.4 is 4.90 Å². The summed E-state index contributed by atoms with van der Waals surface area (Å²) >= 11 is 1.77. The second-order valence-electron chi connectivity index (χ2n) is 6.58. The molecule has 0 saturated carbocycles. The Morgan fingerprint density at radius 1 is 0.957 bits per heavy atom. The van der Waals surface area contributed by atoms with E-state index < -0.39 is 0 Å². The van der Waals surface area contributed by atoms with Crippen molar-refractivity contribution in [3.8, 4) is 0 Å². The molecule has 1 atom stereocenters. The molecule has 6 heteroatoms. The Kier molecular flexibility index (Phi) is 4.52. The average molecular weight is 329 g/mol. The average Bonchev–Trinajstić information content (AvgIpc) is 3.28. The Bertz CT molecular complexity index is 595. The second kappa shape index (κ2) is 6.93. The van der Waals surface area contributed by atoms with E-state index in [0.717, 1.165) is 37.4 Å². The van der Waals surface area contributed by atoms with Gasteiger partial charge in [0, 0.05) is 43.6 Å². The van der Waals surface area contributed by atoms with Crippen LogP contribution in [0.25, 0.3) is 0 Å². The van der Waals surface area contributed by atoms with Gasteiger partial charge in [-0.3, -0.25) is 4.90 Å². The first kappa shape index (κ1) is 15.0. The molecule has 0 aliphatic carbocycles. The van der Waals surface area contributed by atoms with E-state index in [1.807, 2.05) is 24.7 Å². The van der Waals surface area contributed by atoms with Gasteiger partial charge in [0.2, 0.25) is 5.95 Å². The molecule has 0 bridgehead atoms. The highest BCUT2D eigenvalue weighted by molar-refractivity contribution is 7.09. The fourth-order valence-electron chi connectivity index (χ4n) is 3.94. The van der Waals surface area contributed by atoms with Gasteiger partial charge in [-0.25, -0.2) is 15.0 Å². The van der Waals surface area contributed by atoms with Crippen molar-refractivity contribution in [3.63, 3.8) is 0 Å². The lowest BCUT2D eigenvalue weighted by atomic mass is 9.84. The van der Waals surface area contributed by atoms with Crippen LogP contribution in [0, 0.1) is 11.8 Å². The van der Waals surface area contributed by atoms with E-state index in [4.69, 9.17) is 0 Å². The third kappa shape index (κ3) is 3.53. The van der Waals surface area contributed by atoms with Gasteiger partial charge in [-0.1, -0.05) is 0 Å². The zero-order chi connectivity index (χ0) is 15.5. The molecule has 122 valence electrons. The normalized spacial score (nSPS) is 23.5. The van der Waals surface area contributed by atoms with Crippen molar-refractivity contribution in [1.82, 2.24) is 19.9 Å². The predicted octanol–water partition coefficient (Wildman–Crippen LogP) is 2.67. The maximum atomic E-state index is 4.42. The first-order valence-electron chi connectivity index (χ1n) is 8.51. The van der Waals surface area contributed by atoms with Gasteiger partial charge >= 0.3 is 0 Å². The van der Waals surface area contributed by atoms with Gasteiger partial charge in [-0.05, 0) is 43.7 Å². The van der Waals surface area contributed by atoms with E-state index in [1.54, 1.807) is 11.3 Å². The van der Waals surface area contributed by atoms with Crippen LogP contribution in [0.5, 0.6) is 0 Å². The van der Waals surface area contributed by atoms with Crippen molar-refractivity contribution >= 4 is 17.3 Å². The second-order valence-corrected chi connectivity index (χ2v) is 7.56. The van der Waals surface area contributed by atoms with Crippen molar-refractivity contribution in [3.05, 3.63) is 35.0 Å². The minimum atomic E-state index is 0.855. The molecule has 0 N–H and O–H groups in total. The fraction of sp³-hybridized carbons (Fsp3) is 0.588. The molecule has 2 aliphatic rings. The van der Waals surface area contributed by atoms with Crippen molar-refractivity contribution in [2.75, 3.05) is 31.1 Å². The Labute approximate surface area is 141 Å². The van der Waals surface area contributed by atoms with E-state index in [1.165, 1.54) is 37.4 Å². The predicted molar refractivity (Wildman–Crippen MR) is 92.5 cm³/mol. The van der Waals surface area contributed by atoms with Crippen LogP contribution in [0.1, 0.15) is 24.3 Å². The third-order valence-corrected chi connectivity index (χ3v) is 5.96. The van der Waals surface area contributed by atoms with Gasteiger partial charge < -0.3 is 4.90 Å². The Hall–Kier alpha value is -1.53. The first-order valence-corrected chi connectivity index (χ1v) is 9.39. The molecule has 1 unspecified atom stereocenters. The van der Waals surface area contributed by atoms with Crippen LogP contribution in [-0.2, 0) is 6.54 Å². The molecular weight excluding hydrogens is 306 g/mol. The van der Waals surface area contributed by atoms with Crippen LogP contribution in [0.2, 0.25) is 0 Å². The number of hydrogen-bond donors (Lipinski definition) is 0. The molecule has 4 rings (SSSR count). The molecule has 2 aliphatic heterocycles. The molecule has 2 saturated heterocycles. The fourth-order valence-corrected chi connectivity index (χ4v) is 4.60. The molecule has 4 heterocycles. The van der Waals surface area contributed by atoms with E-state index in [0.29, 0.717) is 0 Å². The number of rotatable bonds is 4. The van der Waals surface area contributed by atoms with Crippen molar-refractivity contribution in [2.45, 2.75) is 25.8 Å². The van der Waals surface area contributed by atoms with Gasteiger partial charge in [0.1, 0.15) is 5.01 Å². The summed E-state index contributed by atoms with van der Waals surface area (Å²) < 4.78 is 0. The highest BCUT2D eigenvalue weighted by Crippen LogP contribution is 2.33. The number of likely N-dealkylation sites (tertiary alicyclic amines) is 1. The van der Waals surface area contributed by atoms with Crippen molar-refractivity contribution < 1.29 is 0 Å². The number of hydrogen-bond acceptors (Lipinski definition) is 6. The van der Waals surface area contributed by atoms with Crippen molar-refractivity contribution in [2.24, 2.45) is 11.8 Å². The number of aromatic nitrogens is 3. The van der Waals surface area contributed by atoms with Gasteiger partial charge in [-0.2, -0.15) is 0 Å². The smallest absolute Gasteiger partial charge is 0.225 e. The largest absolute Gasteiger partial charge is 0.341 e. The zero-order valence-electron chi connectivity index (χ0n) is 13.3. The quantitative estimate of drug-likeness (QED) is 0.863. The number of thiazole rings is 1.